The average molecular weight is 592 g/mol. The molecule has 228 valence electrons. The number of amides is 1. The van der Waals surface area contributed by atoms with Crippen LogP contribution in [0.5, 0.6) is 11.5 Å². The molecule has 0 unspecified atom stereocenters. The molecule has 2 aliphatic rings. The Bertz CT molecular complexity index is 1640. The third kappa shape index (κ3) is 5.42. The van der Waals surface area contributed by atoms with Crippen LogP contribution in [-0.4, -0.2) is 35.9 Å². The predicted octanol–water partition coefficient (Wildman–Crippen LogP) is 7.49. The first-order valence-electron chi connectivity index (χ1n) is 14.6. The first-order chi connectivity index (χ1) is 20.2. The van der Waals surface area contributed by atoms with Crippen LogP contribution in [0.2, 0.25) is 0 Å². The number of hydrogen-bond acceptors (Lipinski definition) is 5. The number of hydrogen-bond donors (Lipinski definition) is 0. The summed E-state index contributed by atoms with van der Waals surface area (Å²) in [5.74, 6) is -1.40. The second-order valence-corrected chi connectivity index (χ2v) is 12.5. The Balaban J connectivity index is 1.74. The van der Waals surface area contributed by atoms with Crippen LogP contribution in [-0.2, 0) is 29.0 Å². The van der Waals surface area contributed by atoms with E-state index in [2.05, 4.69) is 0 Å². The molecule has 2 heterocycles. The Labute approximate surface area is 251 Å². The summed E-state index contributed by atoms with van der Waals surface area (Å²) in [6, 6.07) is 5.79. The molecule has 1 atom stereocenters. The van der Waals surface area contributed by atoms with Crippen molar-refractivity contribution < 1.29 is 32.6 Å². The van der Waals surface area contributed by atoms with Crippen molar-refractivity contribution in [3.8, 4) is 22.6 Å². The Kier molecular flexibility index (Phi) is 8.11. The summed E-state index contributed by atoms with van der Waals surface area (Å²) >= 11 is 0. The Morgan fingerprint density at radius 1 is 0.977 bits per heavy atom. The number of nitrogens with zero attached hydrogens (tertiary/aromatic N) is 1. The van der Waals surface area contributed by atoms with E-state index in [4.69, 9.17) is 14.2 Å². The number of carbonyl (C=O) groups is 2. The fourth-order valence-electron chi connectivity index (χ4n) is 6.51. The van der Waals surface area contributed by atoms with Gasteiger partial charge in [0.15, 0.2) is 28.9 Å². The zero-order valence-electron chi connectivity index (χ0n) is 26.2. The maximum atomic E-state index is 15.6. The summed E-state index contributed by atoms with van der Waals surface area (Å²) in [4.78, 5) is 28.7. The van der Waals surface area contributed by atoms with E-state index in [1.165, 1.54) is 32.2 Å². The van der Waals surface area contributed by atoms with Gasteiger partial charge in [-0.2, -0.15) is 0 Å². The van der Waals surface area contributed by atoms with E-state index in [-0.39, 0.29) is 36.1 Å². The molecule has 1 amide bonds. The van der Waals surface area contributed by atoms with Gasteiger partial charge in [-0.25, -0.2) is 8.78 Å². The number of fused-ring (bicyclic) bond motifs is 2. The minimum absolute atomic E-state index is 0.101. The molecule has 0 saturated carbocycles. The van der Waals surface area contributed by atoms with E-state index in [0.717, 1.165) is 45.4 Å². The number of rotatable bonds is 6. The Morgan fingerprint density at radius 2 is 1.65 bits per heavy atom. The number of benzene rings is 3. The van der Waals surface area contributed by atoms with E-state index in [1.54, 1.807) is 11.0 Å². The fourth-order valence-corrected chi connectivity index (χ4v) is 6.51. The lowest BCUT2D eigenvalue weighted by Gasteiger charge is -2.31. The number of methoxy groups -OCH3 is 1. The zero-order valence-corrected chi connectivity index (χ0v) is 26.2. The number of carbonyl (C=O) groups excluding carboxylic acids is 2. The average Bonchev–Trinajstić information content (AvgIpc) is 3.41. The third-order valence-electron chi connectivity index (χ3n) is 8.51. The summed E-state index contributed by atoms with van der Waals surface area (Å²) < 4.78 is 47.4. The molecular formula is C35H39F2NO5. The number of Topliss-reactive ketones (excluding diaryl/α,β-unsaturated/α-hetero) is 1. The van der Waals surface area contributed by atoms with Crippen LogP contribution < -0.4 is 9.47 Å². The molecule has 8 heteroatoms. The van der Waals surface area contributed by atoms with Gasteiger partial charge >= 0.3 is 0 Å². The molecule has 0 N–H and O–H groups in total. The predicted molar refractivity (Wildman–Crippen MR) is 161 cm³/mol. The first kappa shape index (κ1) is 30.7. The molecule has 0 aliphatic carbocycles. The van der Waals surface area contributed by atoms with E-state index in [0.29, 0.717) is 29.9 Å². The quantitative estimate of drug-likeness (QED) is 0.297. The molecular weight excluding hydrogens is 552 g/mol. The maximum absolute atomic E-state index is 15.6. The van der Waals surface area contributed by atoms with Gasteiger partial charge in [0.05, 0.1) is 24.9 Å². The molecule has 0 spiro atoms. The summed E-state index contributed by atoms with van der Waals surface area (Å²) in [7, 11) is 1.34. The van der Waals surface area contributed by atoms with Crippen molar-refractivity contribution in [2.24, 2.45) is 0 Å². The molecule has 43 heavy (non-hydrogen) atoms. The van der Waals surface area contributed by atoms with Crippen molar-refractivity contribution in [3.05, 3.63) is 80.4 Å². The molecule has 3 aromatic rings. The smallest absolute Gasteiger partial charge is 0.258 e. The van der Waals surface area contributed by atoms with Gasteiger partial charge in [0, 0.05) is 18.7 Å². The standard InChI is InChI=1S/C35H39F2NO5/c1-18-22-12-10-14-42-33(22)28(37)15-24(18)29-19(2)25-16-38(34(40)23-11-9-13-27(36)32(23)41-8)17-26(25)20(3)30(29)31(21(4)39)43-35(5,6)7/h9,11,13,15,31H,10,12,14,16-17H2,1-8H3/t31-/m1/s1. The molecule has 3 aromatic carbocycles. The van der Waals surface area contributed by atoms with Crippen molar-refractivity contribution in [1.82, 2.24) is 4.90 Å². The highest BCUT2D eigenvalue weighted by Gasteiger charge is 2.37. The molecule has 0 radical (unpaired) electrons. The van der Waals surface area contributed by atoms with E-state index in [1.807, 2.05) is 41.5 Å². The topological polar surface area (TPSA) is 65.1 Å². The lowest BCUT2D eigenvalue weighted by molar-refractivity contribution is -0.138. The van der Waals surface area contributed by atoms with Crippen molar-refractivity contribution in [2.75, 3.05) is 13.7 Å². The molecule has 0 fully saturated rings. The van der Waals surface area contributed by atoms with Gasteiger partial charge in [0.2, 0.25) is 0 Å². The van der Waals surface area contributed by atoms with Gasteiger partial charge in [-0.3, -0.25) is 9.59 Å². The van der Waals surface area contributed by atoms with Crippen molar-refractivity contribution in [1.29, 1.82) is 0 Å². The van der Waals surface area contributed by atoms with Crippen molar-refractivity contribution >= 4 is 11.7 Å². The van der Waals surface area contributed by atoms with Crippen LogP contribution in [0.1, 0.15) is 89.5 Å². The second-order valence-electron chi connectivity index (χ2n) is 12.5. The van der Waals surface area contributed by atoms with Gasteiger partial charge in [0.25, 0.3) is 5.91 Å². The SMILES string of the molecule is COc1c(F)cccc1C(=O)N1Cc2c(C)c(-c3cc(F)c4c(c3C)CCCO4)c([C@H](OC(C)(C)C)C(C)=O)c(C)c2C1. The van der Waals surface area contributed by atoms with Crippen LogP contribution in [0.25, 0.3) is 11.1 Å². The van der Waals surface area contributed by atoms with E-state index >= 15 is 4.39 Å². The highest BCUT2D eigenvalue weighted by Crippen LogP contribution is 2.47. The highest BCUT2D eigenvalue weighted by molar-refractivity contribution is 5.97. The summed E-state index contributed by atoms with van der Waals surface area (Å²) in [5, 5.41) is 0. The lowest BCUT2D eigenvalue weighted by atomic mass is 9.80. The lowest BCUT2D eigenvalue weighted by Crippen LogP contribution is -2.28. The molecule has 0 aromatic heterocycles. The molecule has 0 bridgehead atoms. The minimum Gasteiger partial charge on any atom is -0.493 e. The zero-order chi connectivity index (χ0) is 31.4. The van der Waals surface area contributed by atoms with Gasteiger partial charge in [-0.05, 0) is 124 Å². The van der Waals surface area contributed by atoms with Crippen LogP contribution in [0.3, 0.4) is 0 Å². The molecule has 6 nitrogen and oxygen atoms in total. The largest absolute Gasteiger partial charge is 0.493 e. The number of halogens is 2. The van der Waals surface area contributed by atoms with Crippen molar-refractivity contribution in [3.63, 3.8) is 0 Å². The fraction of sp³-hybridized carbons (Fsp3) is 0.429. The number of ether oxygens (including phenoxy) is 3. The van der Waals surface area contributed by atoms with Crippen molar-refractivity contribution in [2.45, 2.75) is 86.1 Å². The Morgan fingerprint density at radius 3 is 2.28 bits per heavy atom. The number of para-hydroxylation sites is 1. The van der Waals surface area contributed by atoms with Gasteiger partial charge in [-0.15, -0.1) is 0 Å². The second kappa shape index (κ2) is 11.4. The Hall–Kier alpha value is -3.78. The summed E-state index contributed by atoms with van der Waals surface area (Å²) in [5.41, 5.74) is 6.80. The third-order valence-corrected chi connectivity index (χ3v) is 8.51. The van der Waals surface area contributed by atoms with Crippen LogP contribution >= 0.6 is 0 Å². The first-order valence-corrected chi connectivity index (χ1v) is 14.6. The monoisotopic (exact) mass is 591 g/mol. The van der Waals surface area contributed by atoms with Crippen LogP contribution in [0.4, 0.5) is 8.78 Å². The number of ketones is 1. The maximum Gasteiger partial charge on any atom is 0.258 e. The van der Waals surface area contributed by atoms with Gasteiger partial charge in [0.1, 0.15) is 6.10 Å². The van der Waals surface area contributed by atoms with Crippen LogP contribution in [0, 0.1) is 32.4 Å². The molecule has 5 rings (SSSR count). The van der Waals surface area contributed by atoms with Gasteiger partial charge in [-0.1, -0.05) is 6.07 Å². The van der Waals surface area contributed by atoms with Crippen LogP contribution in [0.15, 0.2) is 24.3 Å². The minimum atomic E-state index is -0.915. The summed E-state index contributed by atoms with van der Waals surface area (Å²) in [6.07, 6.45) is 0.563. The van der Waals surface area contributed by atoms with E-state index in [9.17, 15) is 14.0 Å². The summed E-state index contributed by atoms with van der Waals surface area (Å²) in [6.45, 7) is 14.0. The highest BCUT2D eigenvalue weighted by atomic mass is 19.1. The molecule has 0 saturated heterocycles. The van der Waals surface area contributed by atoms with E-state index < -0.39 is 23.3 Å². The normalized spacial score (nSPS) is 15.1. The molecule has 2 aliphatic heterocycles. The van der Waals surface area contributed by atoms with Gasteiger partial charge < -0.3 is 19.1 Å².